The monoisotopic (exact) mass is 267 g/mol. The minimum absolute atomic E-state index is 0. The predicted molar refractivity (Wildman–Crippen MR) is 11.1 cm³/mol. The van der Waals surface area contributed by atoms with Crippen molar-refractivity contribution in [2.45, 2.75) is 0 Å². The molecule has 0 fully saturated rings. The van der Waals surface area contributed by atoms with Crippen molar-refractivity contribution in [3.63, 3.8) is 0 Å². The Hall–Kier alpha value is 2.21. The molecule has 0 saturated carbocycles. The van der Waals surface area contributed by atoms with Gasteiger partial charge in [-0.2, -0.15) is 9.90 Å². The Morgan fingerprint density at radius 1 is 0.750 bits per heavy atom. The summed E-state index contributed by atoms with van der Waals surface area (Å²) in [5.74, 6) is 0. The summed E-state index contributed by atoms with van der Waals surface area (Å²) < 4.78 is 0. The Morgan fingerprint density at radius 2 is 0.750 bits per heavy atom. The summed E-state index contributed by atoms with van der Waals surface area (Å²) in [6.07, 6.45) is 0. The molecule has 0 nitrogen and oxygen atoms in total. The first-order valence-electron chi connectivity index (χ1n) is 0. The molecule has 0 aromatic heterocycles. The van der Waals surface area contributed by atoms with Gasteiger partial charge in [0.1, 0.15) is 0 Å². The molecule has 0 aliphatic rings. The van der Waals surface area contributed by atoms with Crippen molar-refractivity contribution in [1.29, 1.82) is 0 Å². The SMILES string of the molecule is P.[Ag].[Cu].[Cu]. The van der Waals surface area contributed by atoms with Gasteiger partial charge >= 0.3 is 0 Å². The van der Waals surface area contributed by atoms with E-state index in [0.717, 1.165) is 0 Å². The summed E-state index contributed by atoms with van der Waals surface area (Å²) in [7, 11) is 0. The van der Waals surface area contributed by atoms with Gasteiger partial charge in [0.15, 0.2) is 0 Å². The number of hydrogen-bond donors (Lipinski definition) is 0. The van der Waals surface area contributed by atoms with Crippen LogP contribution in [0.25, 0.3) is 0 Å². The van der Waals surface area contributed by atoms with Crippen LogP contribution in [0.4, 0.5) is 0 Å². The third kappa shape index (κ3) is 8.88. The van der Waals surface area contributed by atoms with Crippen molar-refractivity contribution in [3.05, 3.63) is 0 Å². The van der Waals surface area contributed by atoms with Gasteiger partial charge in [-0.1, -0.05) is 0 Å². The molecule has 3 radical (unpaired) electrons. The molecular weight excluding hydrogens is 266 g/mol. The summed E-state index contributed by atoms with van der Waals surface area (Å²) in [4.78, 5) is 0. The van der Waals surface area contributed by atoms with Crippen LogP contribution in [0.3, 0.4) is 0 Å². The van der Waals surface area contributed by atoms with Gasteiger partial charge in [0.25, 0.3) is 0 Å². The van der Waals surface area contributed by atoms with Crippen LogP contribution in [0.1, 0.15) is 0 Å². The van der Waals surface area contributed by atoms with E-state index in [0.29, 0.717) is 0 Å². The van der Waals surface area contributed by atoms with E-state index in [-0.39, 0.29) is 66.4 Å². The fourth-order valence-corrected chi connectivity index (χ4v) is 0. The van der Waals surface area contributed by atoms with Gasteiger partial charge in [0.05, 0.1) is 0 Å². The summed E-state index contributed by atoms with van der Waals surface area (Å²) in [6, 6.07) is 0. The zero-order chi connectivity index (χ0) is 0. The second-order valence-corrected chi connectivity index (χ2v) is 0. The van der Waals surface area contributed by atoms with Gasteiger partial charge < -0.3 is 0 Å². The van der Waals surface area contributed by atoms with Crippen LogP contribution >= 0.6 is 9.90 Å². The van der Waals surface area contributed by atoms with Crippen molar-refractivity contribution >= 4 is 9.90 Å². The van der Waals surface area contributed by atoms with E-state index in [1.807, 2.05) is 0 Å². The molecule has 0 spiro atoms. The van der Waals surface area contributed by atoms with Gasteiger partial charge in [-0.05, 0) is 0 Å². The Labute approximate surface area is 65.9 Å². The summed E-state index contributed by atoms with van der Waals surface area (Å²) in [5.41, 5.74) is 0. The summed E-state index contributed by atoms with van der Waals surface area (Å²) >= 11 is 0. The third-order valence-electron chi connectivity index (χ3n) is 0. The first-order valence-corrected chi connectivity index (χ1v) is 0. The maximum atomic E-state index is 0. The van der Waals surface area contributed by atoms with Gasteiger partial charge in [-0.15, -0.1) is 0 Å². The second-order valence-electron chi connectivity index (χ2n) is 0. The Morgan fingerprint density at radius 3 is 0.750 bits per heavy atom. The molecule has 0 aromatic rings. The molecule has 41 valence electrons. The zero-order valence-corrected chi connectivity index (χ0v) is 6.39. The summed E-state index contributed by atoms with van der Waals surface area (Å²) in [6.45, 7) is 0. The quantitative estimate of drug-likeness (QED) is 0.430. The molecule has 1 unspecified atom stereocenters. The standard InChI is InChI=1S/Ag.2Cu.H3P/h;;;1H3. The van der Waals surface area contributed by atoms with Crippen LogP contribution in [0.5, 0.6) is 0 Å². The second kappa shape index (κ2) is 18.9. The van der Waals surface area contributed by atoms with Crippen molar-refractivity contribution in [2.24, 2.45) is 0 Å². The predicted octanol–water partition coefficient (Wildman–Crippen LogP) is 0.0506. The van der Waals surface area contributed by atoms with Crippen molar-refractivity contribution < 1.29 is 56.5 Å². The van der Waals surface area contributed by atoms with E-state index in [1.165, 1.54) is 0 Å². The molecule has 1 atom stereocenters. The maximum absolute atomic E-state index is 0. The average Bonchev–Trinajstić information content (AvgIpc) is 0. The Kier molecular flexibility index (Phi) is 163. The van der Waals surface area contributed by atoms with Gasteiger partial charge in [-0.3, -0.25) is 0 Å². The molecular formula is H3AgCu2P. The maximum Gasteiger partial charge on any atom is 0 e. The first-order chi connectivity index (χ1) is 0. The molecule has 0 rings (SSSR count). The van der Waals surface area contributed by atoms with Crippen LogP contribution < -0.4 is 0 Å². The normalized spacial score (nSPS) is 0. The molecule has 0 aliphatic carbocycles. The number of rotatable bonds is 0. The van der Waals surface area contributed by atoms with E-state index in [9.17, 15) is 0 Å². The van der Waals surface area contributed by atoms with Gasteiger partial charge in [0, 0.05) is 56.5 Å². The van der Waals surface area contributed by atoms with Crippen LogP contribution in [0, 0.1) is 0 Å². The fourth-order valence-electron chi connectivity index (χ4n) is 0. The van der Waals surface area contributed by atoms with E-state index in [2.05, 4.69) is 0 Å². The molecule has 0 N–H and O–H groups in total. The molecule has 0 bridgehead atoms. The zero-order valence-electron chi connectivity index (χ0n) is 1.61. The molecule has 4 heavy (non-hydrogen) atoms. The Balaban J connectivity index is 0. The van der Waals surface area contributed by atoms with E-state index in [1.54, 1.807) is 0 Å². The van der Waals surface area contributed by atoms with Crippen molar-refractivity contribution in [2.75, 3.05) is 0 Å². The largest absolute Gasteiger partial charge is 0.153 e. The first kappa shape index (κ1) is 34.5. The Bertz CT molecular complexity index is 6.00. The summed E-state index contributed by atoms with van der Waals surface area (Å²) in [5, 5.41) is 0. The van der Waals surface area contributed by atoms with Crippen molar-refractivity contribution in [3.8, 4) is 0 Å². The van der Waals surface area contributed by atoms with E-state index >= 15 is 0 Å². The molecule has 0 aliphatic heterocycles. The minimum atomic E-state index is 0. The smallest absolute Gasteiger partial charge is 0 e. The fraction of sp³-hybridized carbons (Fsp3) is 0. The van der Waals surface area contributed by atoms with Crippen LogP contribution in [-0.2, 0) is 56.5 Å². The topological polar surface area (TPSA) is 0 Å². The molecule has 0 aromatic carbocycles. The molecule has 0 heterocycles. The van der Waals surface area contributed by atoms with Crippen molar-refractivity contribution in [1.82, 2.24) is 0 Å². The van der Waals surface area contributed by atoms with Crippen LogP contribution in [0.15, 0.2) is 0 Å². The number of hydrogen-bond acceptors (Lipinski definition) is 0. The average molecular weight is 269 g/mol. The third-order valence-corrected chi connectivity index (χ3v) is 0. The molecule has 0 saturated heterocycles. The van der Waals surface area contributed by atoms with Crippen LogP contribution in [0.2, 0.25) is 0 Å². The van der Waals surface area contributed by atoms with Gasteiger partial charge in [0.2, 0.25) is 0 Å². The van der Waals surface area contributed by atoms with Crippen LogP contribution in [-0.4, -0.2) is 0 Å². The van der Waals surface area contributed by atoms with Gasteiger partial charge in [-0.25, -0.2) is 0 Å². The van der Waals surface area contributed by atoms with E-state index in [4.69, 9.17) is 0 Å². The molecule has 4 heteroatoms. The molecule has 0 amide bonds. The van der Waals surface area contributed by atoms with E-state index < -0.39 is 0 Å². The minimum Gasteiger partial charge on any atom is -0.153 e.